The third kappa shape index (κ3) is 2.36. The van der Waals surface area contributed by atoms with Gasteiger partial charge in [0.05, 0.1) is 5.69 Å². The Balaban J connectivity index is 1.59. The predicted molar refractivity (Wildman–Crippen MR) is 81.4 cm³/mol. The molecule has 3 saturated heterocycles. The zero-order chi connectivity index (χ0) is 14.4. The summed E-state index contributed by atoms with van der Waals surface area (Å²) >= 11 is 0. The molecule has 3 aliphatic rings. The average molecular weight is 289 g/mol. The van der Waals surface area contributed by atoms with Gasteiger partial charge in [0.1, 0.15) is 5.82 Å². The van der Waals surface area contributed by atoms with E-state index in [9.17, 15) is 0 Å². The fourth-order valence-corrected chi connectivity index (χ4v) is 3.91. The Bertz CT molecular complexity index is 529. The summed E-state index contributed by atoms with van der Waals surface area (Å²) in [6.45, 7) is 3.78. The van der Waals surface area contributed by atoms with Crippen LogP contribution in [-0.4, -0.2) is 60.3 Å². The van der Waals surface area contributed by atoms with E-state index < -0.39 is 0 Å². The highest BCUT2D eigenvalue weighted by Gasteiger charge is 2.42. The van der Waals surface area contributed by atoms with E-state index in [2.05, 4.69) is 21.8 Å². The number of nitrogen functional groups attached to an aromatic ring is 1. The molecule has 0 radical (unpaired) electrons. The second-order valence-corrected chi connectivity index (χ2v) is 6.54. The van der Waals surface area contributed by atoms with Crippen LogP contribution in [0.2, 0.25) is 0 Å². The van der Waals surface area contributed by atoms with Gasteiger partial charge in [0.2, 0.25) is 5.95 Å². The van der Waals surface area contributed by atoms with Crippen molar-refractivity contribution in [3.8, 4) is 0 Å². The molecular weight excluding hydrogens is 266 g/mol. The monoisotopic (exact) mass is 289 g/mol. The summed E-state index contributed by atoms with van der Waals surface area (Å²) in [4.78, 5) is 14.1. The van der Waals surface area contributed by atoms with E-state index in [-0.39, 0.29) is 0 Å². The second kappa shape index (κ2) is 5.10. The van der Waals surface area contributed by atoms with Gasteiger partial charge < -0.3 is 15.4 Å². The zero-order valence-corrected chi connectivity index (χ0v) is 12.5. The van der Waals surface area contributed by atoms with Crippen LogP contribution in [0.1, 0.15) is 30.9 Å². The zero-order valence-electron chi connectivity index (χ0n) is 12.5. The van der Waals surface area contributed by atoms with Crippen LogP contribution in [0.5, 0.6) is 0 Å². The van der Waals surface area contributed by atoms with Crippen molar-refractivity contribution in [2.75, 3.05) is 44.0 Å². The van der Waals surface area contributed by atoms with E-state index >= 15 is 0 Å². The van der Waals surface area contributed by atoms with Crippen molar-refractivity contribution in [3.05, 3.63) is 11.8 Å². The number of hydrogen-bond acceptors (Lipinski definition) is 6. The van der Waals surface area contributed by atoms with Crippen molar-refractivity contribution in [1.82, 2.24) is 14.9 Å². The Morgan fingerprint density at radius 2 is 2.00 bits per heavy atom. The van der Waals surface area contributed by atoms with Crippen LogP contribution >= 0.6 is 0 Å². The molecule has 6 nitrogen and oxygen atoms in total. The molecule has 6 heteroatoms. The number of anilines is 2. The first-order valence-electron chi connectivity index (χ1n) is 7.90. The van der Waals surface area contributed by atoms with E-state index in [0.29, 0.717) is 23.8 Å². The Labute approximate surface area is 125 Å². The quantitative estimate of drug-likeness (QED) is 0.870. The van der Waals surface area contributed by atoms with Crippen molar-refractivity contribution in [2.45, 2.75) is 37.3 Å². The molecule has 114 valence electrons. The Morgan fingerprint density at radius 3 is 2.67 bits per heavy atom. The summed E-state index contributed by atoms with van der Waals surface area (Å²) in [7, 11) is 2.20. The Morgan fingerprint density at radius 1 is 1.19 bits per heavy atom. The lowest BCUT2D eigenvalue weighted by atomic mass is 9.96. The van der Waals surface area contributed by atoms with Gasteiger partial charge in [0.25, 0.3) is 0 Å². The molecule has 2 atom stereocenters. The lowest BCUT2D eigenvalue weighted by Crippen LogP contribution is -2.45. The maximum atomic E-state index is 6.04. The lowest BCUT2D eigenvalue weighted by molar-refractivity contribution is 0.0845. The highest BCUT2D eigenvalue weighted by molar-refractivity contribution is 5.44. The highest BCUT2D eigenvalue weighted by Crippen LogP contribution is 2.34. The summed E-state index contributed by atoms with van der Waals surface area (Å²) in [5.41, 5.74) is 7.13. The third-order valence-corrected chi connectivity index (χ3v) is 5.16. The summed E-state index contributed by atoms with van der Waals surface area (Å²) < 4.78 is 5.44. The molecule has 0 saturated carbocycles. The van der Waals surface area contributed by atoms with Crippen LogP contribution in [0.25, 0.3) is 0 Å². The number of rotatable bonds is 2. The summed E-state index contributed by atoms with van der Waals surface area (Å²) in [6.07, 6.45) is 3.29. The van der Waals surface area contributed by atoms with Gasteiger partial charge in [-0.3, -0.25) is 4.90 Å². The number of nitrogens with two attached hydrogens (primary N) is 1. The van der Waals surface area contributed by atoms with Gasteiger partial charge in [-0.1, -0.05) is 0 Å². The molecule has 3 fully saturated rings. The van der Waals surface area contributed by atoms with Crippen LogP contribution < -0.4 is 10.6 Å². The number of fused-ring (bicyclic) bond motifs is 2. The van der Waals surface area contributed by atoms with Gasteiger partial charge in [-0.2, -0.15) is 4.98 Å². The molecule has 1 aromatic rings. The van der Waals surface area contributed by atoms with Gasteiger partial charge in [-0.15, -0.1) is 0 Å². The summed E-state index contributed by atoms with van der Waals surface area (Å²) in [5.74, 6) is 1.89. The molecule has 0 spiro atoms. The van der Waals surface area contributed by atoms with E-state index in [4.69, 9.17) is 15.5 Å². The minimum Gasteiger partial charge on any atom is -0.384 e. The molecule has 2 bridgehead atoms. The second-order valence-electron chi connectivity index (χ2n) is 6.54. The molecule has 2 N–H and O–H groups in total. The number of likely N-dealkylation sites (N-methyl/N-ethyl adjacent to an activating group) is 1. The molecule has 4 rings (SSSR count). The minimum absolute atomic E-state index is 0.463. The lowest BCUT2D eigenvalue weighted by Gasteiger charge is -2.32. The SMILES string of the molecule is CN1C[C@@H]2C[C@H]1CN2c1nc(N)cc(C2CCOCC2)n1. The maximum absolute atomic E-state index is 6.04. The standard InChI is InChI=1S/C15H23N5O/c1-19-8-12-6-11(19)9-20(12)15-17-13(7-14(16)18-15)10-2-4-21-5-3-10/h7,10-12H,2-6,8-9H2,1H3,(H2,16,17,18)/t11-,12-/m0/s1. The Kier molecular flexibility index (Phi) is 3.23. The number of piperazine rings is 1. The Hall–Kier alpha value is -1.40. The number of ether oxygens (including phenoxy) is 1. The van der Waals surface area contributed by atoms with E-state index in [1.165, 1.54) is 6.42 Å². The topological polar surface area (TPSA) is 67.5 Å². The van der Waals surface area contributed by atoms with Crippen LogP contribution in [-0.2, 0) is 4.74 Å². The molecule has 1 aromatic heterocycles. The van der Waals surface area contributed by atoms with Gasteiger partial charge in [-0.05, 0) is 26.3 Å². The number of hydrogen-bond donors (Lipinski definition) is 1. The highest BCUT2D eigenvalue weighted by atomic mass is 16.5. The first-order chi connectivity index (χ1) is 10.2. The molecular formula is C15H23N5O. The first-order valence-corrected chi connectivity index (χ1v) is 7.90. The summed E-state index contributed by atoms with van der Waals surface area (Å²) in [5, 5.41) is 0. The van der Waals surface area contributed by atoms with Crippen LogP contribution in [0, 0.1) is 0 Å². The molecule has 3 aliphatic heterocycles. The normalized spacial score (nSPS) is 30.2. The number of aromatic nitrogens is 2. The van der Waals surface area contributed by atoms with Gasteiger partial charge in [-0.25, -0.2) is 4.98 Å². The maximum Gasteiger partial charge on any atom is 0.227 e. The van der Waals surface area contributed by atoms with Crippen LogP contribution in [0.4, 0.5) is 11.8 Å². The molecule has 0 amide bonds. The number of nitrogens with zero attached hydrogens (tertiary/aromatic N) is 4. The van der Waals surface area contributed by atoms with Crippen molar-refractivity contribution in [2.24, 2.45) is 0 Å². The molecule has 0 aliphatic carbocycles. The van der Waals surface area contributed by atoms with E-state index in [1.54, 1.807) is 0 Å². The predicted octanol–water partition coefficient (Wildman–Crippen LogP) is 0.845. The van der Waals surface area contributed by atoms with Crippen molar-refractivity contribution < 1.29 is 4.74 Å². The third-order valence-electron chi connectivity index (χ3n) is 5.16. The van der Waals surface area contributed by atoms with Gasteiger partial charge in [0, 0.05) is 50.4 Å². The molecule has 21 heavy (non-hydrogen) atoms. The molecule has 4 heterocycles. The van der Waals surface area contributed by atoms with Crippen LogP contribution in [0.15, 0.2) is 6.07 Å². The van der Waals surface area contributed by atoms with Crippen LogP contribution in [0.3, 0.4) is 0 Å². The van der Waals surface area contributed by atoms with Gasteiger partial charge in [0.15, 0.2) is 0 Å². The smallest absolute Gasteiger partial charge is 0.227 e. The average Bonchev–Trinajstić information content (AvgIpc) is 3.06. The van der Waals surface area contributed by atoms with E-state index in [0.717, 1.165) is 50.8 Å². The molecule has 0 unspecified atom stereocenters. The van der Waals surface area contributed by atoms with Crippen molar-refractivity contribution >= 4 is 11.8 Å². The first kappa shape index (κ1) is 13.3. The van der Waals surface area contributed by atoms with Crippen molar-refractivity contribution in [3.63, 3.8) is 0 Å². The fourth-order valence-electron chi connectivity index (χ4n) is 3.91. The molecule has 0 aromatic carbocycles. The van der Waals surface area contributed by atoms with E-state index in [1.807, 2.05) is 6.07 Å². The van der Waals surface area contributed by atoms with Gasteiger partial charge >= 0.3 is 0 Å². The minimum atomic E-state index is 0.463. The largest absolute Gasteiger partial charge is 0.384 e. The number of likely N-dealkylation sites (tertiary alicyclic amines) is 1. The van der Waals surface area contributed by atoms with Crippen molar-refractivity contribution in [1.29, 1.82) is 0 Å². The fraction of sp³-hybridized carbons (Fsp3) is 0.733. The summed E-state index contributed by atoms with van der Waals surface area (Å²) in [6, 6.07) is 3.14.